The van der Waals surface area contributed by atoms with Gasteiger partial charge in [0.05, 0.1) is 6.10 Å². The summed E-state index contributed by atoms with van der Waals surface area (Å²) in [5.41, 5.74) is 1.75. The monoisotopic (exact) mass is 234 g/mol. The van der Waals surface area contributed by atoms with Crippen LogP contribution in [0.1, 0.15) is 25.7 Å². The average Bonchev–Trinajstić information content (AvgIpc) is 2.60. The highest BCUT2D eigenvalue weighted by atomic mass is 16.6. The molecule has 0 aromatic rings. The van der Waals surface area contributed by atoms with Crippen LogP contribution in [0.4, 0.5) is 0 Å². The maximum Gasteiger partial charge on any atom is 0.334 e. The molecule has 17 heavy (non-hydrogen) atoms. The smallest absolute Gasteiger partial charge is 0.334 e. The van der Waals surface area contributed by atoms with Crippen LogP contribution in [-0.2, 0) is 9.53 Å². The van der Waals surface area contributed by atoms with Crippen molar-refractivity contribution in [2.75, 3.05) is 0 Å². The van der Waals surface area contributed by atoms with Crippen molar-refractivity contribution in [2.45, 2.75) is 37.9 Å². The summed E-state index contributed by atoms with van der Waals surface area (Å²) in [5.74, 6) is 0.246. The number of ether oxygens (including phenoxy) is 1. The lowest BCUT2D eigenvalue weighted by Gasteiger charge is -2.44. The van der Waals surface area contributed by atoms with Crippen molar-refractivity contribution in [1.29, 1.82) is 0 Å². The summed E-state index contributed by atoms with van der Waals surface area (Å²) in [7, 11) is 0. The molecule has 1 heterocycles. The van der Waals surface area contributed by atoms with Gasteiger partial charge in [0.1, 0.15) is 6.10 Å². The number of esters is 1. The summed E-state index contributed by atoms with van der Waals surface area (Å²) >= 11 is 0. The maximum absolute atomic E-state index is 11.6. The van der Waals surface area contributed by atoms with Gasteiger partial charge in [0, 0.05) is 17.4 Å². The van der Waals surface area contributed by atoms with Gasteiger partial charge in [0.15, 0.2) is 0 Å². The van der Waals surface area contributed by atoms with Gasteiger partial charge in [-0.3, -0.25) is 0 Å². The third-order valence-electron chi connectivity index (χ3n) is 4.70. The number of aliphatic hydroxyl groups is 1. The van der Waals surface area contributed by atoms with E-state index in [9.17, 15) is 9.90 Å². The van der Waals surface area contributed by atoms with Crippen molar-refractivity contribution < 1.29 is 14.6 Å². The molecular weight excluding hydrogens is 216 g/mol. The van der Waals surface area contributed by atoms with E-state index in [0.29, 0.717) is 5.57 Å². The van der Waals surface area contributed by atoms with Crippen LogP contribution in [0.25, 0.3) is 0 Å². The van der Waals surface area contributed by atoms with E-state index in [1.807, 2.05) is 0 Å². The summed E-state index contributed by atoms with van der Waals surface area (Å²) in [6.07, 6.45) is 3.11. The molecule has 3 nitrogen and oxygen atoms in total. The first-order chi connectivity index (χ1) is 8.09. The number of hydrogen-bond acceptors (Lipinski definition) is 3. The Hall–Kier alpha value is -1.09. The lowest BCUT2D eigenvalue weighted by atomic mass is 9.62. The van der Waals surface area contributed by atoms with Crippen molar-refractivity contribution >= 4 is 5.97 Å². The minimum Gasteiger partial charge on any atom is -0.458 e. The summed E-state index contributed by atoms with van der Waals surface area (Å²) in [6.45, 7) is 7.95. The first-order valence-electron chi connectivity index (χ1n) is 6.35. The zero-order chi connectivity index (χ0) is 12.2. The second-order valence-corrected chi connectivity index (χ2v) is 5.53. The molecule has 0 spiro atoms. The van der Waals surface area contributed by atoms with E-state index in [0.717, 1.165) is 31.3 Å². The van der Waals surface area contributed by atoms with Gasteiger partial charge < -0.3 is 9.84 Å². The van der Waals surface area contributed by atoms with E-state index >= 15 is 0 Å². The highest BCUT2D eigenvalue weighted by molar-refractivity contribution is 5.91. The van der Waals surface area contributed by atoms with Gasteiger partial charge in [0.25, 0.3) is 0 Å². The third-order valence-corrected chi connectivity index (χ3v) is 4.70. The fourth-order valence-corrected chi connectivity index (χ4v) is 3.77. The maximum atomic E-state index is 11.6. The van der Waals surface area contributed by atoms with Crippen LogP contribution in [0.15, 0.2) is 24.3 Å². The molecule has 0 radical (unpaired) electrons. The van der Waals surface area contributed by atoms with Crippen LogP contribution in [0, 0.1) is 17.8 Å². The van der Waals surface area contributed by atoms with Crippen LogP contribution >= 0.6 is 0 Å². The normalized spacial score (nSPS) is 45.2. The molecule has 0 aromatic heterocycles. The number of carbonyl (C=O) groups is 1. The van der Waals surface area contributed by atoms with Crippen LogP contribution in [0.5, 0.6) is 0 Å². The number of rotatable bonds is 0. The molecule has 3 heteroatoms. The largest absolute Gasteiger partial charge is 0.458 e. The predicted molar refractivity (Wildman–Crippen MR) is 63.1 cm³/mol. The first kappa shape index (κ1) is 11.0. The Balaban J connectivity index is 1.93. The lowest BCUT2D eigenvalue weighted by Crippen LogP contribution is -2.45. The Kier molecular flexibility index (Phi) is 2.40. The van der Waals surface area contributed by atoms with Gasteiger partial charge in [-0.2, -0.15) is 0 Å². The minimum absolute atomic E-state index is 0.115. The molecule has 92 valence electrons. The molecular formula is C14H18O3. The van der Waals surface area contributed by atoms with Crippen LogP contribution in [-0.4, -0.2) is 23.3 Å². The molecule has 0 amide bonds. The predicted octanol–water partition coefficient (Wildman–Crippen LogP) is 1.82. The molecule has 3 aliphatic rings. The van der Waals surface area contributed by atoms with Crippen molar-refractivity contribution in [1.82, 2.24) is 0 Å². The number of fused-ring (bicyclic) bond motifs is 3. The van der Waals surface area contributed by atoms with Gasteiger partial charge >= 0.3 is 5.97 Å². The Morgan fingerprint density at radius 2 is 2.00 bits per heavy atom. The summed E-state index contributed by atoms with van der Waals surface area (Å²) < 4.78 is 5.46. The highest BCUT2D eigenvalue weighted by Gasteiger charge is 2.52. The molecule has 3 fully saturated rings. The zero-order valence-electron chi connectivity index (χ0n) is 9.89. The zero-order valence-corrected chi connectivity index (χ0v) is 9.89. The fraction of sp³-hybridized carbons (Fsp3) is 0.643. The molecule has 0 aromatic carbocycles. The molecule has 0 bridgehead atoms. The molecule has 0 unspecified atom stereocenters. The van der Waals surface area contributed by atoms with Crippen molar-refractivity contribution in [3.63, 3.8) is 0 Å². The quantitative estimate of drug-likeness (QED) is 0.395. The number of aliphatic hydroxyl groups excluding tert-OH is 1. The Morgan fingerprint density at radius 1 is 1.24 bits per heavy atom. The minimum atomic E-state index is -0.265. The third kappa shape index (κ3) is 1.48. The number of hydrogen-bond donors (Lipinski definition) is 1. The lowest BCUT2D eigenvalue weighted by molar-refractivity contribution is -0.144. The number of carbonyl (C=O) groups excluding carboxylic acids is 1. The van der Waals surface area contributed by atoms with E-state index in [-0.39, 0.29) is 35.9 Å². The van der Waals surface area contributed by atoms with E-state index in [1.54, 1.807) is 0 Å². The van der Waals surface area contributed by atoms with Crippen molar-refractivity contribution in [3.8, 4) is 0 Å². The van der Waals surface area contributed by atoms with Gasteiger partial charge in [-0.05, 0) is 31.6 Å². The first-order valence-corrected chi connectivity index (χ1v) is 6.35. The Labute approximate surface area is 101 Å². The summed E-state index contributed by atoms with van der Waals surface area (Å²) in [5, 5.41) is 10.1. The molecule has 2 aliphatic carbocycles. The van der Waals surface area contributed by atoms with E-state index in [1.165, 1.54) is 0 Å². The van der Waals surface area contributed by atoms with Gasteiger partial charge in [0.2, 0.25) is 0 Å². The standard InChI is InChI=1S/C14H18O3/c1-7-3-6-11(15)10-5-4-9-8(2)14(16)17-13(9)12(7)10/h9-13,15H,1-6H2/t9-,10+,11-,12+,13+/m0/s1. The van der Waals surface area contributed by atoms with Gasteiger partial charge in [-0.25, -0.2) is 4.79 Å². The van der Waals surface area contributed by atoms with Gasteiger partial charge in [-0.15, -0.1) is 0 Å². The highest BCUT2D eigenvalue weighted by Crippen LogP contribution is 2.50. The van der Waals surface area contributed by atoms with E-state index in [2.05, 4.69) is 13.2 Å². The van der Waals surface area contributed by atoms with E-state index < -0.39 is 0 Å². The molecule has 3 rings (SSSR count). The fourth-order valence-electron chi connectivity index (χ4n) is 3.77. The molecule has 1 saturated heterocycles. The Morgan fingerprint density at radius 3 is 2.76 bits per heavy atom. The second-order valence-electron chi connectivity index (χ2n) is 5.53. The SMILES string of the molecule is C=C1CC[C@H](O)[C@H]2CC[C@H]3C(=C)C(=O)O[C@H]3[C@H]12. The average molecular weight is 234 g/mol. The van der Waals surface area contributed by atoms with Crippen LogP contribution in [0.2, 0.25) is 0 Å². The molecule has 2 saturated carbocycles. The van der Waals surface area contributed by atoms with Crippen LogP contribution < -0.4 is 0 Å². The summed E-state index contributed by atoms with van der Waals surface area (Å²) in [6, 6.07) is 0. The summed E-state index contributed by atoms with van der Waals surface area (Å²) in [4.78, 5) is 11.6. The molecule has 5 atom stereocenters. The topological polar surface area (TPSA) is 46.5 Å². The molecule has 1 aliphatic heterocycles. The molecule has 1 N–H and O–H groups in total. The Bertz CT molecular complexity index is 398. The van der Waals surface area contributed by atoms with Gasteiger partial charge in [-0.1, -0.05) is 18.7 Å². The van der Waals surface area contributed by atoms with E-state index in [4.69, 9.17) is 4.74 Å². The second kappa shape index (κ2) is 3.70. The van der Waals surface area contributed by atoms with Crippen molar-refractivity contribution in [3.05, 3.63) is 24.3 Å². The van der Waals surface area contributed by atoms with Crippen LogP contribution in [0.3, 0.4) is 0 Å². The van der Waals surface area contributed by atoms with Crippen molar-refractivity contribution in [2.24, 2.45) is 17.8 Å².